The number of ketones is 2. The van der Waals surface area contributed by atoms with Crippen molar-refractivity contribution < 1.29 is 19.2 Å². The topological polar surface area (TPSA) is 102 Å². The molecule has 0 saturated carbocycles. The second kappa shape index (κ2) is 13.6. The molecule has 8 heteroatoms. The lowest BCUT2D eigenvalue weighted by atomic mass is 9.82. The van der Waals surface area contributed by atoms with E-state index >= 15 is 0 Å². The predicted molar refractivity (Wildman–Crippen MR) is 214 cm³/mol. The number of carbonyl (C=O) groups is 4. The molecule has 0 spiro atoms. The number of rotatable bonds is 10. The predicted octanol–water partition coefficient (Wildman–Crippen LogP) is 9.52. The summed E-state index contributed by atoms with van der Waals surface area (Å²) in [6.45, 7) is 1.29. The number of benzene rings is 6. The summed E-state index contributed by atoms with van der Waals surface area (Å²) in [7, 11) is 0. The number of nitrogens with zero attached hydrogens (tertiary/aromatic N) is 2. The van der Waals surface area contributed by atoms with Gasteiger partial charge in [0, 0.05) is 80.7 Å². The summed E-state index contributed by atoms with van der Waals surface area (Å²) >= 11 is 0. The summed E-state index contributed by atoms with van der Waals surface area (Å²) in [4.78, 5) is 54.6. The lowest BCUT2D eigenvalue weighted by Gasteiger charge is -2.22. The Balaban J connectivity index is 0.881. The highest BCUT2D eigenvalue weighted by molar-refractivity contribution is 6.32. The van der Waals surface area contributed by atoms with E-state index in [0.717, 1.165) is 22.1 Å². The molecule has 264 valence electrons. The molecule has 54 heavy (non-hydrogen) atoms. The minimum Gasteiger partial charge on any atom is -0.340 e. The number of aryl methyl sites for hydroxylation is 2. The molecule has 1 aliphatic rings. The molecule has 8 aromatic rings. The standard InChI is InChI=1S/C46H36N4O4/c51-41(25-11-27-49-37-21-5-1-13-29(37)30-14-2-6-22-38(30)49)47-35-19-9-17-33-43(35)45(53)34-18-10-20-36(44(34)46(33)54)48-42(52)26-12-28-50-39-23-7-3-15-31(39)32-16-4-8-24-40(32)50/h1-10,13-24H,11-12,25-28H2,(H,47,51)(H,48,52). The number of hydrogen-bond acceptors (Lipinski definition) is 4. The van der Waals surface area contributed by atoms with Crippen LogP contribution in [0.2, 0.25) is 0 Å². The average molecular weight is 709 g/mol. The Morgan fingerprint density at radius 3 is 1.11 bits per heavy atom. The molecular weight excluding hydrogens is 673 g/mol. The summed E-state index contributed by atoms with van der Waals surface area (Å²) in [6.07, 6.45) is 1.63. The molecule has 2 heterocycles. The molecule has 0 fully saturated rings. The van der Waals surface area contributed by atoms with Gasteiger partial charge in [-0.25, -0.2) is 0 Å². The van der Waals surface area contributed by atoms with Gasteiger partial charge in [0.1, 0.15) is 0 Å². The molecule has 2 amide bonds. The minimum atomic E-state index is -0.372. The quantitative estimate of drug-likeness (QED) is 0.148. The van der Waals surface area contributed by atoms with E-state index in [-0.39, 0.29) is 58.5 Å². The summed E-state index contributed by atoms with van der Waals surface area (Å²) in [6, 6.07) is 42.9. The monoisotopic (exact) mass is 708 g/mol. The molecule has 2 N–H and O–H groups in total. The molecular formula is C46H36N4O4. The normalized spacial score (nSPS) is 12.4. The van der Waals surface area contributed by atoms with Crippen molar-refractivity contribution in [3.05, 3.63) is 156 Å². The molecule has 9 rings (SSSR count). The van der Waals surface area contributed by atoms with Crippen molar-refractivity contribution in [3.63, 3.8) is 0 Å². The van der Waals surface area contributed by atoms with E-state index in [4.69, 9.17) is 0 Å². The van der Waals surface area contributed by atoms with E-state index in [0.29, 0.717) is 37.3 Å². The van der Waals surface area contributed by atoms with Crippen LogP contribution < -0.4 is 10.6 Å². The highest BCUT2D eigenvalue weighted by Gasteiger charge is 2.34. The summed E-state index contributed by atoms with van der Waals surface area (Å²) in [5.41, 5.74) is 5.81. The first-order chi connectivity index (χ1) is 26.5. The third-order valence-electron chi connectivity index (χ3n) is 10.6. The van der Waals surface area contributed by atoms with Gasteiger partial charge in [-0.05, 0) is 49.2 Å². The van der Waals surface area contributed by atoms with E-state index in [1.54, 1.807) is 36.4 Å². The third-order valence-corrected chi connectivity index (χ3v) is 10.6. The molecule has 0 aliphatic heterocycles. The Bertz CT molecular complexity index is 2530. The first-order valence-electron chi connectivity index (χ1n) is 18.3. The van der Waals surface area contributed by atoms with Crippen LogP contribution in [0, 0.1) is 0 Å². The highest BCUT2D eigenvalue weighted by Crippen LogP contribution is 2.36. The minimum absolute atomic E-state index is 0.167. The Kier molecular flexibility index (Phi) is 8.35. The molecule has 0 unspecified atom stereocenters. The molecule has 0 atom stereocenters. The second-order valence-electron chi connectivity index (χ2n) is 13.8. The lowest BCUT2D eigenvalue weighted by Crippen LogP contribution is -2.26. The second-order valence-corrected chi connectivity index (χ2v) is 13.8. The van der Waals surface area contributed by atoms with E-state index in [2.05, 4.69) is 68.3 Å². The van der Waals surface area contributed by atoms with Gasteiger partial charge in [-0.1, -0.05) is 97.1 Å². The van der Waals surface area contributed by atoms with Crippen LogP contribution in [0.3, 0.4) is 0 Å². The molecule has 0 radical (unpaired) electrons. The van der Waals surface area contributed by atoms with Crippen LogP contribution in [0.5, 0.6) is 0 Å². The van der Waals surface area contributed by atoms with Gasteiger partial charge in [-0.15, -0.1) is 0 Å². The Morgan fingerprint density at radius 2 is 0.759 bits per heavy atom. The van der Waals surface area contributed by atoms with Gasteiger partial charge in [-0.2, -0.15) is 0 Å². The van der Waals surface area contributed by atoms with E-state index in [1.165, 1.54) is 21.5 Å². The van der Waals surface area contributed by atoms with Crippen molar-refractivity contribution in [2.45, 2.75) is 38.8 Å². The molecule has 0 bridgehead atoms. The number of hydrogen-bond donors (Lipinski definition) is 2. The molecule has 8 nitrogen and oxygen atoms in total. The summed E-state index contributed by atoms with van der Waals surface area (Å²) < 4.78 is 4.48. The Hall–Kier alpha value is -6.80. The smallest absolute Gasteiger partial charge is 0.224 e. The maximum atomic E-state index is 14.0. The van der Waals surface area contributed by atoms with Crippen molar-refractivity contribution >= 4 is 78.4 Å². The van der Waals surface area contributed by atoms with Crippen LogP contribution in [0.1, 0.15) is 57.5 Å². The van der Waals surface area contributed by atoms with Crippen molar-refractivity contribution in [1.82, 2.24) is 9.13 Å². The van der Waals surface area contributed by atoms with Gasteiger partial charge in [0.15, 0.2) is 11.6 Å². The van der Waals surface area contributed by atoms with E-state index in [1.807, 2.05) is 48.5 Å². The van der Waals surface area contributed by atoms with E-state index in [9.17, 15) is 19.2 Å². The molecule has 6 aromatic carbocycles. The molecule has 2 aromatic heterocycles. The average Bonchev–Trinajstić information content (AvgIpc) is 3.69. The molecule has 1 aliphatic carbocycles. The summed E-state index contributed by atoms with van der Waals surface area (Å²) in [5, 5.41) is 10.5. The van der Waals surface area contributed by atoms with Gasteiger partial charge >= 0.3 is 0 Å². The molecule has 0 saturated heterocycles. The Morgan fingerprint density at radius 1 is 0.426 bits per heavy atom. The fourth-order valence-electron chi connectivity index (χ4n) is 8.16. The number of carbonyl (C=O) groups excluding carboxylic acids is 4. The highest BCUT2D eigenvalue weighted by atomic mass is 16.2. The summed E-state index contributed by atoms with van der Waals surface area (Å²) in [5.74, 6) is -1.22. The lowest BCUT2D eigenvalue weighted by molar-refractivity contribution is -0.117. The number of para-hydroxylation sites is 4. The first kappa shape index (κ1) is 33.1. The zero-order chi connectivity index (χ0) is 36.8. The van der Waals surface area contributed by atoms with E-state index < -0.39 is 0 Å². The van der Waals surface area contributed by atoms with Gasteiger partial charge in [-0.3, -0.25) is 19.2 Å². The number of aromatic nitrogens is 2. The van der Waals surface area contributed by atoms with Gasteiger partial charge < -0.3 is 19.8 Å². The maximum absolute atomic E-state index is 14.0. The van der Waals surface area contributed by atoms with Crippen LogP contribution in [0.15, 0.2) is 133 Å². The largest absolute Gasteiger partial charge is 0.340 e. The third kappa shape index (κ3) is 5.63. The van der Waals surface area contributed by atoms with Gasteiger partial charge in [0.2, 0.25) is 11.8 Å². The van der Waals surface area contributed by atoms with Crippen LogP contribution in [0.4, 0.5) is 11.4 Å². The van der Waals surface area contributed by atoms with Crippen LogP contribution >= 0.6 is 0 Å². The Labute approximate surface area is 311 Å². The fourth-order valence-corrected chi connectivity index (χ4v) is 8.16. The number of nitrogens with one attached hydrogen (secondary N) is 2. The fraction of sp³-hybridized carbons (Fsp3) is 0.130. The van der Waals surface area contributed by atoms with Crippen molar-refractivity contribution in [1.29, 1.82) is 0 Å². The number of amides is 2. The zero-order valence-corrected chi connectivity index (χ0v) is 29.5. The first-order valence-corrected chi connectivity index (χ1v) is 18.3. The van der Waals surface area contributed by atoms with Crippen molar-refractivity contribution in [2.75, 3.05) is 10.6 Å². The van der Waals surface area contributed by atoms with Gasteiger partial charge in [0.25, 0.3) is 0 Å². The van der Waals surface area contributed by atoms with Crippen LogP contribution in [-0.2, 0) is 22.7 Å². The van der Waals surface area contributed by atoms with Crippen LogP contribution in [-0.4, -0.2) is 32.5 Å². The number of fused-ring (bicyclic) bond motifs is 8. The zero-order valence-electron chi connectivity index (χ0n) is 29.5. The SMILES string of the molecule is O=C(CCCn1c2ccccc2c2ccccc21)Nc1cccc2c1C(=O)c1cccc(NC(=O)CCCn3c4ccccc4c4ccccc43)c1C2=O. The number of anilines is 2. The van der Waals surface area contributed by atoms with Crippen molar-refractivity contribution in [3.8, 4) is 0 Å². The van der Waals surface area contributed by atoms with Gasteiger partial charge in [0.05, 0.1) is 22.5 Å². The van der Waals surface area contributed by atoms with Crippen molar-refractivity contribution in [2.24, 2.45) is 0 Å². The maximum Gasteiger partial charge on any atom is 0.224 e. The van der Waals surface area contributed by atoms with Crippen LogP contribution in [0.25, 0.3) is 43.6 Å².